The van der Waals surface area contributed by atoms with Crippen LogP contribution in [0, 0.1) is 0 Å². The van der Waals surface area contributed by atoms with Crippen molar-refractivity contribution in [3.05, 3.63) is 64.5 Å². The standard InChI is InChI=1S/C17H16BrNO4/c1-12(15-7-4-10-22-15)19-16(20)11-23-17(21)9-8-13-5-2-3-6-14(13)18/h2-10,12H,11H2,1H3,(H,19,20)/b9-8+/t12-/m0/s1. The van der Waals surface area contributed by atoms with Gasteiger partial charge in [0.2, 0.25) is 0 Å². The quantitative estimate of drug-likeness (QED) is 0.617. The molecule has 1 amide bonds. The third-order valence-electron chi connectivity index (χ3n) is 3.00. The molecule has 0 aliphatic heterocycles. The van der Waals surface area contributed by atoms with Crippen LogP contribution in [0.2, 0.25) is 0 Å². The number of carbonyl (C=O) groups is 2. The molecule has 5 nitrogen and oxygen atoms in total. The Morgan fingerprint density at radius 2 is 2.09 bits per heavy atom. The second-order valence-corrected chi connectivity index (χ2v) is 5.62. The summed E-state index contributed by atoms with van der Waals surface area (Å²) in [6, 6.07) is 10.7. The Morgan fingerprint density at radius 1 is 1.30 bits per heavy atom. The van der Waals surface area contributed by atoms with Gasteiger partial charge in [0, 0.05) is 10.5 Å². The Kier molecular flexibility index (Phi) is 6.17. The number of nitrogens with one attached hydrogen (secondary N) is 1. The number of rotatable bonds is 6. The summed E-state index contributed by atoms with van der Waals surface area (Å²) < 4.78 is 11.0. The first kappa shape index (κ1) is 17.0. The van der Waals surface area contributed by atoms with Crippen LogP contribution in [0.1, 0.15) is 24.3 Å². The Hall–Kier alpha value is -2.34. The van der Waals surface area contributed by atoms with Crippen LogP contribution in [0.15, 0.2) is 57.6 Å². The molecular weight excluding hydrogens is 362 g/mol. The van der Waals surface area contributed by atoms with Crippen LogP contribution < -0.4 is 5.32 Å². The Bertz CT molecular complexity index is 694. The molecule has 2 aromatic rings. The third-order valence-corrected chi connectivity index (χ3v) is 3.72. The van der Waals surface area contributed by atoms with Gasteiger partial charge < -0.3 is 14.5 Å². The summed E-state index contributed by atoms with van der Waals surface area (Å²) in [5.74, 6) is -0.336. The van der Waals surface area contributed by atoms with Crippen molar-refractivity contribution in [3.8, 4) is 0 Å². The number of furan rings is 1. The summed E-state index contributed by atoms with van der Waals surface area (Å²) in [4.78, 5) is 23.3. The minimum Gasteiger partial charge on any atom is -0.467 e. The summed E-state index contributed by atoms with van der Waals surface area (Å²) in [5.41, 5.74) is 0.848. The highest BCUT2D eigenvalue weighted by atomic mass is 79.9. The molecule has 1 N–H and O–H groups in total. The number of esters is 1. The first-order valence-electron chi connectivity index (χ1n) is 6.98. The molecule has 0 radical (unpaired) electrons. The molecule has 2 rings (SSSR count). The van der Waals surface area contributed by atoms with E-state index in [4.69, 9.17) is 9.15 Å². The molecule has 0 fully saturated rings. The molecule has 120 valence electrons. The molecule has 0 bridgehead atoms. The second kappa shape index (κ2) is 8.33. The predicted molar refractivity (Wildman–Crippen MR) is 89.4 cm³/mol. The Balaban J connectivity index is 1.78. The van der Waals surface area contributed by atoms with Gasteiger partial charge in [-0.2, -0.15) is 0 Å². The average molecular weight is 378 g/mol. The summed E-state index contributed by atoms with van der Waals surface area (Å²) in [7, 11) is 0. The average Bonchev–Trinajstić information content (AvgIpc) is 3.06. The van der Waals surface area contributed by atoms with Crippen molar-refractivity contribution in [1.29, 1.82) is 0 Å². The number of ether oxygens (including phenoxy) is 1. The smallest absolute Gasteiger partial charge is 0.331 e. The van der Waals surface area contributed by atoms with Crippen molar-refractivity contribution in [2.45, 2.75) is 13.0 Å². The summed E-state index contributed by atoms with van der Waals surface area (Å²) in [5, 5.41) is 2.68. The topological polar surface area (TPSA) is 68.5 Å². The largest absolute Gasteiger partial charge is 0.467 e. The van der Waals surface area contributed by atoms with E-state index in [1.54, 1.807) is 25.1 Å². The van der Waals surface area contributed by atoms with E-state index < -0.39 is 11.9 Å². The number of carbonyl (C=O) groups excluding carboxylic acids is 2. The van der Waals surface area contributed by atoms with Gasteiger partial charge in [0.05, 0.1) is 12.3 Å². The van der Waals surface area contributed by atoms with Gasteiger partial charge in [0.1, 0.15) is 5.76 Å². The van der Waals surface area contributed by atoms with Gasteiger partial charge in [-0.1, -0.05) is 34.1 Å². The van der Waals surface area contributed by atoms with Crippen molar-refractivity contribution < 1.29 is 18.7 Å². The molecule has 0 spiro atoms. The summed E-state index contributed by atoms with van der Waals surface area (Å²) in [6.45, 7) is 1.44. The van der Waals surface area contributed by atoms with E-state index in [1.807, 2.05) is 24.3 Å². The van der Waals surface area contributed by atoms with Crippen LogP contribution in [0.25, 0.3) is 6.08 Å². The Labute approximate surface area is 142 Å². The van der Waals surface area contributed by atoms with Crippen LogP contribution in [0.5, 0.6) is 0 Å². The van der Waals surface area contributed by atoms with Crippen LogP contribution in [-0.4, -0.2) is 18.5 Å². The number of benzene rings is 1. The van der Waals surface area contributed by atoms with E-state index in [2.05, 4.69) is 21.2 Å². The highest BCUT2D eigenvalue weighted by Gasteiger charge is 2.12. The zero-order chi connectivity index (χ0) is 16.7. The maximum absolute atomic E-state index is 11.7. The maximum atomic E-state index is 11.7. The van der Waals surface area contributed by atoms with Crippen LogP contribution in [0.3, 0.4) is 0 Å². The maximum Gasteiger partial charge on any atom is 0.331 e. The highest BCUT2D eigenvalue weighted by Crippen LogP contribution is 2.17. The van der Waals surface area contributed by atoms with E-state index in [9.17, 15) is 9.59 Å². The molecule has 1 heterocycles. The lowest BCUT2D eigenvalue weighted by Crippen LogP contribution is -2.30. The molecule has 1 aromatic carbocycles. The Morgan fingerprint density at radius 3 is 2.78 bits per heavy atom. The lowest BCUT2D eigenvalue weighted by atomic mass is 10.2. The normalized spacial score (nSPS) is 12.1. The van der Waals surface area contributed by atoms with Gasteiger partial charge in [-0.15, -0.1) is 0 Å². The van der Waals surface area contributed by atoms with Crippen molar-refractivity contribution in [2.24, 2.45) is 0 Å². The van der Waals surface area contributed by atoms with E-state index in [0.717, 1.165) is 10.0 Å². The van der Waals surface area contributed by atoms with E-state index in [0.29, 0.717) is 5.76 Å². The molecule has 1 atom stereocenters. The fourth-order valence-corrected chi connectivity index (χ4v) is 2.26. The molecule has 0 saturated carbocycles. The zero-order valence-corrected chi connectivity index (χ0v) is 14.1. The molecule has 23 heavy (non-hydrogen) atoms. The second-order valence-electron chi connectivity index (χ2n) is 4.77. The monoisotopic (exact) mass is 377 g/mol. The lowest BCUT2D eigenvalue weighted by molar-refractivity contribution is -0.144. The van der Waals surface area contributed by atoms with Gasteiger partial charge in [0.15, 0.2) is 6.61 Å². The van der Waals surface area contributed by atoms with Gasteiger partial charge in [-0.3, -0.25) is 4.79 Å². The summed E-state index contributed by atoms with van der Waals surface area (Å²) >= 11 is 3.38. The molecule has 6 heteroatoms. The van der Waals surface area contributed by atoms with Crippen LogP contribution in [-0.2, 0) is 14.3 Å². The molecule has 0 aliphatic carbocycles. The fourth-order valence-electron chi connectivity index (χ4n) is 1.84. The van der Waals surface area contributed by atoms with Crippen LogP contribution in [0.4, 0.5) is 0 Å². The predicted octanol–water partition coefficient (Wildman–Crippen LogP) is 3.48. The SMILES string of the molecule is C[C@H](NC(=O)COC(=O)/C=C/c1ccccc1Br)c1ccco1. The van der Waals surface area contributed by atoms with Gasteiger partial charge in [-0.25, -0.2) is 4.79 Å². The number of amides is 1. The zero-order valence-electron chi connectivity index (χ0n) is 12.5. The number of halogens is 1. The van der Waals surface area contributed by atoms with E-state index in [1.165, 1.54) is 12.3 Å². The van der Waals surface area contributed by atoms with Crippen molar-refractivity contribution in [2.75, 3.05) is 6.61 Å². The molecule has 0 aliphatic rings. The molecule has 1 aromatic heterocycles. The van der Waals surface area contributed by atoms with E-state index in [-0.39, 0.29) is 12.6 Å². The third kappa shape index (κ3) is 5.41. The highest BCUT2D eigenvalue weighted by molar-refractivity contribution is 9.10. The fraction of sp³-hybridized carbons (Fsp3) is 0.176. The lowest BCUT2D eigenvalue weighted by Gasteiger charge is -2.11. The molecule has 0 unspecified atom stereocenters. The van der Waals surface area contributed by atoms with Crippen molar-refractivity contribution in [1.82, 2.24) is 5.32 Å². The van der Waals surface area contributed by atoms with Gasteiger partial charge >= 0.3 is 5.97 Å². The minimum atomic E-state index is -0.582. The van der Waals surface area contributed by atoms with Crippen LogP contribution >= 0.6 is 15.9 Å². The van der Waals surface area contributed by atoms with E-state index >= 15 is 0 Å². The molecular formula is C17H16BrNO4. The van der Waals surface area contributed by atoms with Crippen molar-refractivity contribution in [3.63, 3.8) is 0 Å². The van der Waals surface area contributed by atoms with Crippen molar-refractivity contribution >= 4 is 33.9 Å². The van der Waals surface area contributed by atoms with Gasteiger partial charge in [-0.05, 0) is 36.8 Å². The number of hydrogen-bond acceptors (Lipinski definition) is 4. The summed E-state index contributed by atoms with van der Waals surface area (Å²) in [6.07, 6.45) is 4.43. The minimum absolute atomic E-state index is 0.285. The first-order valence-corrected chi connectivity index (χ1v) is 7.77. The van der Waals surface area contributed by atoms with Gasteiger partial charge in [0.25, 0.3) is 5.91 Å². The first-order chi connectivity index (χ1) is 11.1. The number of hydrogen-bond donors (Lipinski definition) is 1. The molecule has 0 saturated heterocycles.